The lowest BCUT2D eigenvalue weighted by atomic mass is 10.2. The Balaban J connectivity index is 3.32. The minimum absolute atomic E-state index is 0.0579. The average molecular weight is 119 g/mol. The molecule has 0 saturated carbocycles. The van der Waals surface area contributed by atoms with Crippen molar-refractivity contribution in [3.8, 4) is 0 Å². The number of carbonyl (C=O) groups excluding carboxylic acids is 1. The molecule has 0 saturated heterocycles. The molecule has 1 radical (unpaired) electrons. The lowest BCUT2D eigenvalue weighted by Gasteiger charge is -1.93. The summed E-state index contributed by atoms with van der Waals surface area (Å²) in [5.41, 5.74) is 0. The van der Waals surface area contributed by atoms with Crippen LogP contribution in [-0.4, -0.2) is 12.1 Å². The molecule has 0 aliphatic rings. The predicted octanol–water partition coefficient (Wildman–Crippen LogP) is 1.08. The second kappa shape index (κ2) is 3.41. The second-order valence-corrected chi connectivity index (χ2v) is 1.58. The molecule has 0 bridgehead atoms. The van der Waals surface area contributed by atoms with Crippen molar-refractivity contribution in [1.29, 1.82) is 0 Å². The Morgan fingerprint density at radius 1 is 1.75 bits per heavy atom. The Morgan fingerprint density at radius 3 is 2.38 bits per heavy atom. The van der Waals surface area contributed by atoms with Gasteiger partial charge >= 0.3 is 5.97 Å². The summed E-state index contributed by atoms with van der Waals surface area (Å²) in [6, 6.07) is 0. The summed E-state index contributed by atoms with van der Waals surface area (Å²) in [7, 11) is 0. The largest absolute Gasteiger partial charge is 0.389 e. The number of halogens is 1. The number of rotatable bonds is 3. The van der Waals surface area contributed by atoms with Crippen LogP contribution < -0.4 is 0 Å². The molecule has 1 atom stereocenters. The third-order valence-corrected chi connectivity index (χ3v) is 0.798. The Bertz CT molecular complexity index is 82.5. The fourth-order valence-corrected chi connectivity index (χ4v) is 0.371. The summed E-state index contributed by atoms with van der Waals surface area (Å²) >= 11 is 0. The highest BCUT2D eigenvalue weighted by Crippen LogP contribution is 2.00. The van der Waals surface area contributed by atoms with Crippen molar-refractivity contribution < 1.29 is 14.3 Å². The van der Waals surface area contributed by atoms with Crippen molar-refractivity contribution in [2.75, 3.05) is 0 Å². The molecule has 0 aromatic carbocycles. The van der Waals surface area contributed by atoms with Crippen LogP contribution >= 0.6 is 0 Å². The zero-order chi connectivity index (χ0) is 6.57. The van der Waals surface area contributed by atoms with Crippen molar-refractivity contribution in [3.05, 3.63) is 0 Å². The van der Waals surface area contributed by atoms with Gasteiger partial charge in [0.15, 0.2) is 0 Å². The molecule has 8 heavy (non-hydrogen) atoms. The Hall–Kier alpha value is -0.600. The molecule has 0 unspecified atom stereocenters. The number of hydrogen-bond donors (Lipinski definition) is 0. The highest BCUT2D eigenvalue weighted by molar-refractivity contribution is 5.71. The van der Waals surface area contributed by atoms with E-state index < -0.39 is 12.1 Å². The van der Waals surface area contributed by atoms with Crippen LogP contribution in [0.1, 0.15) is 19.8 Å². The highest BCUT2D eigenvalue weighted by Gasteiger charge is 2.15. The normalized spacial score (nSPS) is 13.2. The van der Waals surface area contributed by atoms with Gasteiger partial charge in [0.2, 0.25) is 6.17 Å². The molecule has 0 amide bonds. The quantitative estimate of drug-likeness (QED) is 0.547. The van der Waals surface area contributed by atoms with E-state index in [9.17, 15) is 14.3 Å². The van der Waals surface area contributed by atoms with Crippen LogP contribution in [0.3, 0.4) is 0 Å². The Labute approximate surface area is 47.3 Å². The van der Waals surface area contributed by atoms with Crippen LogP contribution in [0.4, 0.5) is 4.39 Å². The smallest absolute Gasteiger partial charge is 0.244 e. The van der Waals surface area contributed by atoms with E-state index in [-0.39, 0.29) is 6.42 Å². The third kappa shape index (κ3) is 2.55. The molecule has 0 N–H and O–H groups in total. The maximum Gasteiger partial charge on any atom is 0.389 e. The van der Waals surface area contributed by atoms with Crippen LogP contribution in [-0.2, 0) is 9.90 Å². The fourth-order valence-electron chi connectivity index (χ4n) is 0.371. The molecule has 0 aromatic rings. The molecule has 0 heterocycles. The molecule has 47 valence electrons. The monoisotopic (exact) mass is 119 g/mol. The molecular formula is C5H8FO2. The van der Waals surface area contributed by atoms with E-state index in [2.05, 4.69) is 0 Å². The summed E-state index contributed by atoms with van der Waals surface area (Å²) in [4.78, 5) is 9.60. The first kappa shape index (κ1) is 7.40. The predicted molar refractivity (Wildman–Crippen MR) is 25.5 cm³/mol. The van der Waals surface area contributed by atoms with Crippen LogP contribution in [0.2, 0.25) is 0 Å². The van der Waals surface area contributed by atoms with Gasteiger partial charge in [0.05, 0.1) is 0 Å². The van der Waals surface area contributed by atoms with Crippen molar-refractivity contribution in [2.45, 2.75) is 25.9 Å². The topological polar surface area (TPSA) is 37.0 Å². The van der Waals surface area contributed by atoms with Gasteiger partial charge in [-0.3, -0.25) is 0 Å². The Kier molecular flexibility index (Phi) is 3.15. The third-order valence-electron chi connectivity index (χ3n) is 0.798. The summed E-state index contributed by atoms with van der Waals surface area (Å²) in [6.07, 6.45) is -1.18. The van der Waals surface area contributed by atoms with Crippen LogP contribution in [0.25, 0.3) is 0 Å². The van der Waals surface area contributed by atoms with Gasteiger partial charge in [-0.15, -0.1) is 0 Å². The number of hydrogen-bond acceptors (Lipinski definition) is 1. The minimum atomic E-state index is -1.78. The molecule has 2 nitrogen and oxygen atoms in total. The van der Waals surface area contributed by atoms with Gasteiger partial charge in [-0.05, 0) is 6.42 Å². The summed E-state index contributed by atoms with van der Waals surface area (Å²) in [5.74, 6) is -1.60. The molecule has 3 heteroatoms. The minimum Gasteiger partial charge on any atom is -0.244 e. The molecule has 0 fully saturated rings. The van der Waals surface area contributed by atoms with Gasteiger partial charge in [-0.1, -0.05) is 13.3 Å². The second-order valence-electron chi connectivity index (χ2n) is 1.58. The molecule has 0 aromatic heterocycles. The molecular weight excluding hydrogens is 111 g/mol. The molecule has 0 aliphatic carbocycles. The zero-order valence-corrected chi connectivity index (χ0v) is 4.69. The van der Waals surface area contributed by atoms with Crippen LogP contribution in [0, 0.1) is 0 Å². The van der Waals surface area contributed by atoms with Gasteiger partial charge in [-0.25, -0.2) is 14.3 Å². The van der Waals surface area contributed by atoms with Gasteiger partial charge in [0, 0.05) is 0 Å². The SMILES string of the molecule is CCC[C@H](F)C([O])=O. The fraction of sp³-hybridized carbons (Fsp3) is 0.800. The zero-order valence-electron chi connectivity index (χ0n) is 4.69. The highest BCUT2D eigenvalue weighted by atomic mass is 19.1. The van der Waals surface area contributed by atoms with Crippen LogP contribution in [0.5, 0.6) is 0 Å². The lowest BCUT2D eigenvalue weighted by Crippen LogP contribution is -2.11. The van der Waals surface area contributed by atoms with E-state index in [0.717, 1.165) is 0 Å². The van der Waals surface area contributed by atoms with Crippen LogP contribution in [0.15, 0.2) is 0 Å². The molecule has 0 rings (SSSR count). The average Bonchev–Trinajstić information content (AvgIpc) is 1.67. The summed E-state index contributed by atoms with van der Waals surface area (Å²) < 4.78 is 11.9. The van der Waals surface area contributed by atoms with E-state index in [1.54, 1.807) is 6.92 Å². The van der Waals surface area contributed by atoms with Crippen molar-refractivity contribution in [1.82, 2.24) is 0 Å². The maximum atomic E-state index is 11.9. The van der Waals surface area contributed by atoms with E-state index >= 15 is 0 Å². The molecule has 0 aliphatic heterocycles. The maximum absolute atomic E-state index is 11.9. The summed E-state index contributed by atoms with van der Waals surface area (Å²) in [6.45, 7) is 1.72. The van der Waals surface area contributed by atoms with Crippen molar-refractivity contribution in [3.63, 3.8) is 0 Å². The van der Waals surface area contributed by atoms with Gasteiger partial charge in [0.1, 0.15) is 0 Å². The van der Waals surface area contributed by atoms with Gasteiger partial charge in [-0.2, -0.15) is 0 Å². The first-order valence-electron chi connectivity index (χ1n) is 2.53. The number of carbonyl (C=O) groups is 1. The van der Waals surface area contributed by atoms with Crippen molar-refractivity contribution in [2.24, 2.45) is 0 Å². The van der Waals surface area contributed by atoms with Gasteiger partial charge < -0.3 is 0 Å². The first-order chi connectivity index (χ1) is 3.68. The number of alkyl halides is 1. The first-order valence-corrected chi connectivity index (χ1v) is 2.53. The van der Waals surface area contributed by atoms with E-state index in [1.165, 1.54) is 0 Å². The van der Waals surface area contributed by atoms with Crippen molar-refractivity contribution >= 4 is 5.97 Å². The molecule has 0 spiro atoms. The van der Waals surface area contributed by atoms with E-state index in [4.69, 9.17) is 0 Å². The Morgan fingerprint density at radius 2 is 2.25 bits per heavy atom. The van der Waals surface area contributed by atoms with E-state index in [0.29, 0.717) is 6.42 Å². The van der Waals surface area contributed by atoms with E-state index in [1.807, 2.05) is 0 Å². The summed E-state index contributed by atoms with van der Waals surface area (Å²) in [5, 5.41) is 9.60. The lowest BCUT2D eigenvalue weighted by molar-refractivity contribution is -0.149. The van der Waals surface area contributed by atoms with Gasteiger partial charge in [0.25, 0.3) is 0 Å². The standard InChI is InChI=1S/C5H8FO2/c1-2-3-4(6)5(7)8/h4H,2-3H2,1H3/t4-/m0/s1.